The van der Waals surface area contributed by atoms with Crippen LogP contribution in [0.3, 0.4) is 0 Å². The maximum Gasteiger partial charge on any atom is 0.238 e. The fraction of sp³-hybridized carbons (Fsp3) is 0.409. The smallest absolute Gasteiger partial charge is 0.238 e. The molecule has 0 radical (unpaired) electrons. The lowest BCUT2D eigenvalue weighted by Gasteiger charge is -2.26. The van der Waals surface area contributed by atoms with Gasteiger partial charge in [-0.15, -0.1) is 0 Å². The van der Waals surface area contributed by atoms with Gasteiger partial charge in [-0.1, -0.05) is 26.0 Å². The Hall–Kier alpha value is -2.77. The monoisotopic (exact) mass is 397 g/mol. The molecule has 0 spiro atoms. The number of hydrogen-bond acceptors (Lipinski definition) is 6. The minimum atomic E-state index is -0.222. The van der Waals surface area contributed by atoms with Crippen LogP contribution < -0.4 is 10.1 Å². The minimum Gasteiger partial charge on any atom is -0.497 e. The van der Waals surface area contributed by atoms with Crippen LogP contribution in [0, 0.1) is 5.92 Å². The number of carbonyl (C=O) groups excluding carboxylic acids is 2. The molecule has 1 aromatic carbocycles. The second-order valence-corrected chi connectivity index (χ2v) is 7.31. The van der Waals surface area contributed by atoms with Gasteiger partial charge >= 0.3 is 0 Å². The Kier molecular flexibility index (Phi) is 6.95. The highest BCUT2D eigenvalue weighted by atomic mass is 16.5. The van der Waals surface area contributed by atoms with E-state index < -0.39 is 0 Å². The lowest BCUT2D eigenvalue weighted by atomic mass is 10.0. The average molecular weight is 397 g/mol. The van der Waals surface area contributed by atoms with E-state index in [1.165, 1.54) is 0 Å². The molecule has 2 aromatic rings. The third-order valence-corrected chi connectivity index (χ3v) is 4.79. The number of ether oxygens (including phenoxy) is 2. The number of hydrogen-bond donors (Lipinski definition) is 1. The molecule has 2 heterocycles. The zero-order valence-corrected chi connectivity index (χ0v) is 17.1. The number of amides is 1. The maximum absolute atomic E-state index is 12.6. The summed E-state index contributed by atoms with van der Waals surface area (Å²) < 4.78 is 10.6. The summed E-state index contributed by atoms with van der Waals surface area (Å²) in [7, 11) is 1.61. The van der Waals surface area contributed by atoms with Gasteiger partial charge in [0.05, 0.1) is 32.6 Å². The molecule has 1 saturated heterocycles. The summed E-state index contributed by atoms with van der Waals surface area (Å²) in [4.78, 5) is 31.7. The minimum absolute atomic E-state index is 0.108. The predicted molar refractivity (Wildman–Crippen MR) is 111 cm³/mol. The summed E-state index contributed by atoms with van der Waals surface area (Å²) in [6.45, 7) is 6.57. The SMILES string of the molecule is COc1cccc(-c2cnc(C(=O)C(C)C)c(NC(=O)CN3CCOCC3)c2)c1. The highest BCUT2D eigenvalue weighted by Gasteiger charge is 2.21. The number of benzene rings is 1. The summed E-state index contributed by atoms with van der Waals surface area (Å²) in [6.07, 6.45) is 1.65. The van der Waals surface area contributed by atoms with Crippen LogP contribution in [0.25, 0.3) is 11.1 Å². The molecule has 1 N–H and O–H groups in total. The van der Waals surface area contributed by atoms with Crippen molar-refractivity contribution in [2.24, 2.45) is 5.92 Å². The second-order valence-electron chi connectivity index (χ2n) is 7.31. The Labute approximate surface area is 171 Å². The van der Waals surface area contributed by atoms with Gasteiger partial charge in [-0.05, 0) is 23.8 Å². The molecule has 0 bridgehead atoms. The van der Waals surface area contributed by atoms with Gasteiger partial charge < -0.3 is 14.8 Å². The van der Waals surface area contributed by atoms with Crippen molar-refractivity contribution in [3.63, 3.8) is 0 Å². The van der Waals surface area contributed by atoms with Crippen LogP contribution in [0.5, 0.6) is 5.75 Å². The van der Waals surface area contributed by atoms with Gasteiger partial charge in [-0.25, -0.2) is 0 Å². The van der Waals surface area contributed by atoms with E-state index in [1.807, 2.05) is 43.0 Å². The van der Waals surface area contributed by atoms with E-state index in [2.05, 4.69) is 10.3 Å². The van der Waals surface area contributed by atoms with Crippen LogP contribution in [0.2, 0.25) is 0 Å². The highest BCUT2D eigenvalue weighted by molar-refractivity contribution is 6.05. The van der Waals surface area contributed by atoms with Crippen molar-refractivity contribution in [2.45, 2.75) is 13.8 Å². The van der Waals surface area contributed by atoms with Crippen LogP contribution in [-0.2, 0) is 9.53 Å². The molecule has 29 heavy (non-hydrogen) atoms. The third kappa shape index (κ3) is 5.40. The van der Waals surface area contributed by atoms with Crippen molar-refractivity contribution < 1.29 is 19.1 Å². The molecule has 1 aliphatic heterocycles. The third-order valence-electron chi connectivity index (χ3n) is 4.79. The standard InChI is InChI=1S/C22H27N3O4/c1-15(2)22(27)21-19(24-20(26)14-25-7-9-29-10-8-25)12-17(13-23-21)16-5-4-6-18(11-16)28-3/h4-6,11-13,15H,7-10,14H2,1-3H3,(H,24,26). The molecule has 1 aromatic heterocycles. The van der Waals surface area contributed by atoms with Crippen LogP contribution in [0.1, 0.15) is 24.3 Å². The van der Waals surface area contributed by atoms with E-state index in [0.717, 1.165) is 16.9 Å². The number of ketones is 1. The first-order valence-corrected chi connectivity index (χ1v) is 9.76. The summed E-state index contributed by atoms with van der Waals surface area (Å²) in [5.41, 5.74) is 2.40. The van der Waals surface area contributed by atoms with Crippen molar-refractivity contribution in [1.82, 2.24) is 9.88 Å². The molecule has 154 valence electrons. The van der Waals surface area contributed by atoms with E-state index in [0.29, 0.717) is 32.0 Å². The largest absolute Gasteiger partial charge is 0.497 e. The lowest BCUT2D eigenvalue weighted by Crippen LogP contribution is -2.41. The highest BCUT2D eigenvalue weighted by Crippen LogP contribution is 2.28. The molecule has 0 saturated carbocycles. The Bertz CT molecular complexity index is 876. The fourth-order valence-corrected chi connectivity index (χ4v) is 3.14. The van der Waals surface area contributed by atoms with E-state index in [9.17, 15) is 9.59 Å². The molecule has 3 rings (SSSR count). The lowest BCUT2D eigenvalue weighted by molar-refractivity contribution is -0.118. The van der Waals surface area contributed by atoms with Crippen molar-refractivity contribution in [1.29, 1.82) is 0 Å². The van der Waals surface area contributed by atoms with Crippen LogP contribution in [0.4, 0.5) is 5.69 Å². The van der Waals surface area contributed by atoms with E-state index in [4.69, 9.17) is 9.47 Å². The van der Waals surface area contributed by atoms with Gasteiger partial charge in [0.2, 0.25) is 5.91 Å². The molecule has 1 aliphatic rings. The number of nitrogens with zero attached hydrogens (tertiary/aromatic N) is 2. The number of methoxy groups -OCH3 is 1. The van der Waals surface area contributed by atoms with Crippen LogP contribution in [0.15, 0.2) is 36.5 Å². The Morgan fingerprint density at radius 1 is 1.21 bits per heavy atom. The topological polar surface area (TPSA) is 80.8 Å². The first-order valence-electron chi connectivity index (χ1n) is 9.76. The van der Waals surface area contributed by atoms with E-state index in [-0.39, 0.29) is 29.8 Å². The van der Waals surface area contributed by atoms with E-state index in [1.54, 1.807) is 19.4 Å². The van der Waals surface area contributed by atoms with Gasteiger partial charge in [0.15, 0.2) is 5.78 Å². The second kappa shape index (κ2) is 9.62. The van der Waals surface area contributed by atoms with Gasteiger partial charge in [0, 0.05) is 30.8 Å². The first-order chi connectivity index (χ1) is 14.0. The molecular weight excluding hydrogens is 370 g/mol. The predicted octanol–water partition coefficient (Wildman–Crippen LogP) is 2.87. The van der Waals surface area contributed by atoms with Gasteiger partial charge in [0.1, 0.15) is 11.4 Å². The van der Waals surface area contributed by atoms with Crippen LogP contribution in [-0.4, -0.2) is 61.5 Å². The Morgan fingerprint density at radius 3 is 2.66 bits per heavy atom. The number of anilines is 1. The van der Waals surface area contributed by atoms with Crippen molar-refractivity contribution in [3.8, 4) is 16.9 Å². The number of pyridine rings is 1. The molecule has 0 unspecified atom stereocenters. The molecule has 0 aliphatic carbocycles. The zero-order chi connectivity index (χ0) is 20.8. The average Bonchev–Trinajstić information content (AvgIpc) is 2.73. The molecule has 7 nitrogen and oxygen atoms in total. The number of nitrogens with one attached hydrogen (secondary N) is 1. The fourth-order valence-electron chi connectivity index (χ4n) is 3.14. The van der Waals surface area contributed by atoms with Crippen molar-refractivity contribution in [3.05, 3.63) is 42.2 Å². The molecule has 7 heteroatoms. The first kappa shape index (κ1) is 21.0. The van der Waals surface area contributed by atoms with Gasteiger partial charge in [-0.3, -0.25) is 19.5 Å². The summed E-state index contributed by atoms with van der Waals surface area (Å²) in [5.74, 6) is 0.223. The summed E-state index contributed by atoms with van der Waals surface area (Å²) in [5, 5.41) is 2.90. The molecule has 0 atom stereocenters. The van der Waals surface area contributed by atoms with Crippen molar-refractivity contribution >= 4 is 17.4 Å². The Balaban J connectivity index is 1.88. The quantitative estimate of drug-likeness (QED) is 0.724. The number of carbonyl (C=O) groups is 2. The molecular formula is C22H27N3O4. The summed E-state index contributed by atoms with van der Waals surface area (Å²) in [6, 6.07) is 9.37. The number of aromatic nitrogens is 1. The Morgan fingerprint density at radius 2 is 1.97 bits per heavy atom. The summed E-state index contributed by atoms with van der Waals surface area (Å²) >= 11 is 0. The molecule has 1 amide bonds. The van der Waals surface area contributed by atoms with E-state index >= 15 is 0 Å². The zero-order valence-electron chi connectivity index (χ0n) is 17.1. The van der Waals surface area contributed by atoms with Crippen LogP contribution >= 0.6 is 0 Å². The number of morpholine rings is 1. The van der Waals surface area contributed by atoms with Gasteiger partial charge in [0.25, 0.3) is 0 Å². The number of rotatable bonds is 7. The number of Topliss-reactive ketones (excluding diaryl/α,β-unsaturated/α-hetero) is 1. The molecule has 1 fully saturated rings. The van der Waals surface area contributed by atoms with Gasteiger partial charge in [-0.2, -0.15) is 0 Å². The normalized spacial score (nSPS) is 14.6. The maximum atomic E-state index is 12.6. The van der Waals surface area contributed by atoms with Crippen molar-refractivity contribution in [2.75, 3.05) is 45.3 Å².